The highest BCUT2D eigenvalue weighted by Gasteiger charge is 2.09. The average molecular weight is 308 g/mol. The summed E-state index contributed by atoms with van der Waals surface area (Å²) in [5, 5.41) is 6.06. The molecular formula is C12H16Cl2FN3O. The van der Waals surface area contributed by atoms with Gasteiger partial charge in [-0.25, -0.2) is 9.87 Å². The van der Waals surface area contributed by atoms with Crippen LogP contribution in [0.25, 0.3) is 0 Å². The van der Waals surface area contributed by atoms with Crippen molar-refractivity contribution in [2.45, 2.75) is 6.92 Å². The van der Waals surface area contributed by atoms with E-state index in [1.54, 1.807) is 19.0 Å². The molecule has 0 unspecified atom stereocenters. The summed E-state index contributed by atoms with van der Waals surface area (Å²) in [6.07, 6.45) is 0. The van der Waals surface area contributed by atoms with Gasteiger partial charge in [-0.2, -0.15) is 5.10 Å². The van der Waals surface area contributed by atoms with Crippen LogP contribution in [-0.2, 0) is 4.84 Å². The number of likely N-dealkylation sites (N-methyl/N-ethyl adjacent to an activating group) is 1. The Morgan fingerprint density at radius 3 is 2.53 bits per heavy atom. The zero-order chi connectivity index (χ0) is 14.4. The van der Waals surface area contributed by atoms with Crippen LogP contribution in [-0.4, -0.2) is 38.0 Å². The van der Waals surface area contributed by atoms with Crippen LogP contribution in [0, 0.1) is 5.82 Å². The summed E-state index contributed by atoms with van der Waals surface area (Å²) in [4.78, 5) is 4.72. The molecule has 0 aliphatic carbocycles. The maximum atomic E-state index is 13.3. The Hall–Kier alpha value is -0.880. The van der Waals surface area contributed by atoms with Crippen LogP contribution >= 0.6 is 23.2 Å². The van der Waals surface area contributed by atoms with E-state index < -0.39 is 5.82 Å². The molecule has 0 aromatic heterocycles. The molecule has 19 heavy (non-hydrogen) atoms. The van der Waals surface area contributed by atoms with Gasteiger partial charge in [-0.15, -0.1) is 0 Å². The number of halogens is 3. The number of rotatable bonds is 6. The molecule has 106 valence electrons. The maximum Gasteiger partial charge on any atom is 0.160 e. The van der Waals surface area contributed by atoms with Gasteiger partial charge in [-0.05, 0) is 19.1 Å². The number of hydrazone groups is 1. The lowest BCUT2D eigenvalue weighted by Crippen LogP contribution is -2.26. The van der Waals surface area contributed by atoms with Gasteiger partial charge in [0.15, 0.2) is 5.82 Å². The minimum absolute atomic E-state index is 0.0132. The number of hydrogen-bond donors (Lipinski definition) is 1. The molecule has 0 fully saturated rings. The molecular weight excluding hydrogens is 292 g/mol. The highest BCUT2D eigenvalue weighted by molar-refractivity contribution is 6.35. The lowest BCUT2D eigenvalue weighted by atomic mass is 10.1. The van der Waals surface area contributed by atoms with Crippen LogP contribution in [0.3, 0.4) is 0 Å². The zero-order valence-electron chi connectivity index (χ0n) is 11.0. The van der Waals surface area contributed by atoms with Crippen molar-refractivity contribution in [3.63, 3.8) is 0 Å². The fourth-order valence-electron chi connectivity index (χ4n) is 1.44. The van der Waals surface area contributed by atoms with Crippen LogP contribution in [0.1, 0.15) is 12.5 Å². The van der Waals surface area contributed by atoms with Crippen molar-refractivity contribution in [3.8, 4) is 0 Å². The Morgan fingerprint density at radius 2 is 2.00 bits per heavy atom. The summed E-state index contributed by atoms with van der Waals surface area (Å²) in [5.41, 5.74) is 4.10. The van der Waals surface area contributed by atoms with E-state index >= 15 is 0 Å². The van der Waals surface area contributed by atoms with Crippen LogP contribution in [0.15, 0.2) is 17.2 Å². The van der Waals surface area contributed by atoms with E-state index in [1.807, 2.05) is 7.05 Å². The van der Waals surface area contributed by atoms with Gasteiger partial charge >= 0.3 is 0 Å². The van der Waals surface area contributed by atoms with Gasteiger partial charge in [0.05, 0.1) is 29.4 Å². The maximum absolute atomic E-state index is 13.3. The Bertz CT molecular complexity index is 445. The molecule has 4 nitrogen and oxygen atoms in total. The molecule has 1 N–H and O–H groups in total. The highest BCUT2D eigenvalue weighted by atomic mass is 35.5. The first-order valence-corrected chi connectivity index (χ1v) is 6.38. The number of hydrogen-bond acceptors (Lipinski definition) is 4. The van der Waals surface area contributed by atoms with Crippen molar-refractivity contribution in [1.82, 2.24) is 10.5 Å². The molecule has 1 aromatic rings. The van der Waals surface area contributed by atoms with Crippen LogP contribution < -0.4 is 5.48 Å². The molecule has 0 heterocycles. The van der Waals surface area contributed by atoms with E-state index in [4.69, 9.17) is 28.0 Å². The van der Waals surface area contributed by atoms with Gasteiger partial charge < -0.3 is 4.84 Å². The minimum Gasteiger partial charge on any atom is -0.305 e. The number of nitrogens with one attached hydrogen (secondary N) is 1. The summed E-state index contributed by atoms with van der Waals surface area (Å²) < 4.78 is 13.3. The van der Waals surface area contributed by atoms with Crippen molar-refractivity contribution < 1.29 is 9.23 Å². The number of nitrogens with zero attached hydrogens (tertiary/aromatic N) is 2. The minimum atomic E-state index is -0.613. The Balaban J connectivity index is 2.79. The first-order valence-electron chi connectivity index (χ1n) is 5.62. The van der Waals surface area contributed by atoms with Gasteiger partial charge in [0.2, 0.25) is 0 Å². The van der Waals surface area contributed by atoms with Crippen molar-refractivity contribution in [1.29, 1.82) is 0 Å². The second-order valence-corrected chi connectivity index (χ2v) is 4.73. The third-order valence-corrected chi connectivity index (χ3v) is 2.95. The SMILES string of the molecule is CONCCN(C)/N=C(\C)c1cc(Cl)c(F)c(Cl)c1. The smallest absolute Gasteiger partial charge is 0.160 e. The fraction of sp³-hybridized carbons (Fsp3) is 0.417. The topological polar surface area (TPSA) is 36.9 Å². The normalized spacial score (nSPS) is 11.8. The van der Waals surface area contributed by atoms with Gasteiger partial charge in [-0.1, -0.05) is 23.2 Å². The highest BCUT2D eigenvalue weighted by Crippen LogP contribution is 2.25. The lowest BCUT2D eigenvalue weighted by Gasteiger charge is -2.14. The fourth-order valence-corrected chi connectivity index (χ4v) is 1.92. The third kappa shape index (κ3) is 4.95. The summed E-state index contributed by atoms with van der Waals surface area (Å²) in [5.74, 6) is -0.613. The second kappa shape index (κ2) is 7.65. The standard InChI is InChI=1S/C12H16Cl2FN3O/c1-8(17-18(2)5-4-16-19-3)9-6-10(13)12(15)11(14)7-9/h6-7,16H,4-5H2,1-3H3/b17-8+. The van der Waals surface area contributed by atoms with Crippen molar-refractivity contribution in [2.24, 2.45) is 5.10 Å². The van der Waals surface area contributed by atoms with E-state index in [0.29, 0.717) is 24.4 Å². The van der Waals surface area contributed by atoms with Crippen molar-refractivity contribution >= 4 is 28.9 Å². The predicted molar refractivity (Wildman–Crippen MR) is 76.3 cm³/mol. The molecule has 1 aromatic carbocycles. The summed E-state index contributed by atoms with van der Waals surface area (Å²) in [7, 11) is 3.38. The second-order valence-electron chi connectivity index (χ2n) is 3.92. The largest absolute Gasteiger partial charge is 0.305 e. The molecule has 0 atom stereocenters. The van der Waals surface area contributed by atoms with Crippen LogP contribution in [0.4, 0.5) is 4.39 Å². The van der Waals surface area contributed by atoms with Gasteiger partial charge in [0.1, 0.15) is 0 Å². The van der Waals surface area contributed by atoms with E-state index in [2.05, 4.69) is 10.6 Å². The van der Waals surface area contributed by atoms with Crippen molar-refractivity contribution in [3.05, 3.63) is 33.6 Å². The monoisotopic (exact) mass is 307 g/mol. The zero-order valence-corrected chi connectivity index (χ0v) is 12.5. The summed E-state index contributed by atoms with van der Waals surface area (Å²) in [6.45, 7) is 3.10. The molecule has 0 radical (unpaired) electrons. The molecule has 0 spiro atoms. The third-order valence-electron chi connectivity index (χ3n) is 2.40. The quantitative estimate of drug-likeness (QED) is 0.380. The van der Waals surface area contributed by atoms with E-state index in [9.17, 15) is 4.39 Å². The molecule has 7 heteroatoms. The average Bonchev–Trinajstić information content (AvgIpc) is 2.35. The van der Waals surface area contributed by atoms with Crippen LogP contribution in [0.5, 0.6) is 0 Å². The van der Waals surface area contributed by atoms with Gasteiger partial charge in [0, 0.05) is 19.2 Å². The van der Waals surface area contributed by atoms with Crippen molar-refractivity contribution in [2.75, 3.05) is 27.2 Å². The van der Waals surface area contributed by atoms with Gasteiger partial charge in [0.25, 0.3) is 0 Å². The van der Waals surface area contributed by atoms with E-state index in [-0.39, 0.29) is 10.0 Å². The molecule has 0 aliphatic rings. The van der Waals surface area contributed by atoms with Crippen LogP contribution in [0.2, 0.25) is 10.0 Å². The Labute approximate surface area is 122 Å². The molecule has 0 saturated carbocycles. The summed E-state index contributed by atoms with van der Waals surface area (Å²) in [6, 6.07) is 3.01. The Kier molecular flexibility index (Phi) is 6.51. The molecule has 0 aliphatic heterocycles. The van der Waals surface area contributed by atoms with E-state index in [1.165, 1.54) is 12.1 Å². The van der Waals surface area contributed by atoms with Gasteiger partial charge in [-0.3, -0.25) is 5.01 Å². The molecule has 0 amide bonds. The predicted octanol–water partition coefficient (Wildman–Crippen LogP) is 2.94. The molecule has 0 bridgehead atoms. The Morgan fingerprint density at radius 1 is 1.42 bits per heavy atom. The first-order chi connectivity index (χ1) is 8.95. The molecule has 1 rings (SSSR count). The first kappa shape index (κ1) is 16.2. The summed E-state index contributed by atoms with van der Waals surface area (Å²) >= 11 is 11.5. The number of hydroxylamine groups is 1. The van der Waals surface area contributed by atoms with E-state index in [0.717, 1.165) is 0 Å². The lowest BCUT2D eigenvalue weighted by molar-refractivity contribution is 0.0852. The number of benzene rings is 1. The molecule has 0 saturated heterocycles.